The van der Waals surface area contributed by atoms with Gasteiger partial charge in [0, 0.05) is 23.5 Å². The second-order valence-electron chi connectivity index (χ2n) is 6.57. The molecule has 4 rings (SSSR count). The van der Waals surface area contributed by atoms with E-state index >= 15 is 0 Å². The van der Waals surface area contributed by atoms with E-state index in [1.807, 2.05) is 29.6 Å². The molecule has 0 saturated heterocycles. The van der Waals surface area contributed by atoms with Gasteiger partial charge >= 0.3 is 0 Å². The summed E-state index contributed by atoms with van der Waals surface area (Å²) in [4.78, 5) is 45.0. The Hall–Kier alpha value is -3.85. The second kappa shape index (κ2) is 8.26. The third-order valence-corrected chi connectivity index (χ3v) is 5.67. The number of ketones is 1. The molecular weight excluding hydrogens is 402 g/mol. The number of benzene rings is 1. The number of hydrogen-bond acceptors (Lipinski definition) is 6. The molecule has 0 bridgehead atoms. The van der Waals surface area contributed by atoms with Crippen LogP contribution in [0, 0.1) is 0 Å². The van der Waals surface area contributed by atoms with Crippen LogP contribution in [-0.2, 0) is 16.0 Å². The normalized spacial score (nSPS) is 11.9. The molecule has 0 saturated carbocycles. The van der Waals surface area contributed by atoms with E-state index in [0.717, 1.165) is 15.6 Å². The molecule has 0 radical (unpaired) electrons. The summed E-state index contributed by atoms with van der Waals surface area (Å²) < 4.78 is 2.63. The van der Waals surface area contributed by atoms with Gasteiger partial charge in [-0.25, -0.2) is 4.98 Å². The van der Waals surface area contributed by atoms with Crippen LogP contribution in [0.4, 0.5) is 0 Å². The maximum Gasteiger partial charge on any atom is 0.287 e. The summed E-state index contributed by atoms with van der Waals surface area (Å²) >= 11 is 1.53. The van der Waals surface area contributed by atoms with Crippen molar-refractivity contribution < 1.29 is 14.4 Å². The fourth-order valence-corrected chi connectivity index (χ4v) is 4.17. The number of carbonyl (C=O) groups excluding carboxylic acids is 3. The van der Waals surface area contributed by atoms with Crippen molar-refractivity contribution in [3.8, 4) is 5.69 Å². The number of pyridine rings is 1. The molecule has 0 aliphatic rings. The minimum atomic E-state index is -1.09. The van der Waals surface area contributed by atoms with E-state index in [-0.39, 0.29) is 12.1 Å². The Kier molecular flexibility index (Phi) is 5.36. The second-order valence-corrected chi connectivity index (χ2v) is 7.48. The Morgan fingerprint density at radius 2 is 1.87 bits per heavy atom. The molecule has 0 aliphatic heterocycles. The SMILES string of the molecule is NC(=O)C(=O)C(Cc1csc2ccccc12)NC(=O)c1cncn1-c1ccncc1. The minimum absolute atomic E-state index is 0.154. The number of carbonyl (C=O) groups is 3. The van der Waals surface area contributed by atoms with Crippen molar-refractivity contribution in [2.75, 3.05) is 0 Å². The van der Waals surface area contributed by atoms with Gasteiger partial charge in [-0.2, -0.15) is 0 Å². The van der Waals surface area contributed by atoms with E-state index < -0.39 is 23.6 Å². The first kappa shape index (κ1) is 19.5. The predicted octanol–water partition coefficient (Wildman–Crippen LogP) is 1.88. The smallest absolute Gasteiger partial charge is 0.287 e. The number of rotatable bonds is 7. The highest BCUT2D eigenvalue weighted by Gasteiger charge is 2.28. The standard InChI is InChI=1S/C21H17N5O3S/c22-20(28)19(27)16(9-13-11-30-18-4-2-1-3-15(13)18)25-21(29)17-10-24-12-26(17)14-5-7-23-8-6-14/h1-8,10-12,16H,9H2,(H2,22,28)(H,25,29). The van der Waals surface area contributed by atoms with Gasteiger partial charge < -0.3 is 11.1 Å². The lowest BCUT2D eigenvalue weighted by molar-refractivity contribution is -0.137. The van der Waals surface area contributed by atoms with E-state index in [2.05, 4.69) is 15.3 Å². The van der Waals surface area contributed by atoms with Crippen LogP contribution in [0.25, 0.3) is 15.8 Å². The fraction of sp³-hybridized carbons (Fsp3) is 0.0952. The molecule has 1 unspecified atom stereocenters. The van der Waals surface area contributed by atoms with E-state index in [1.54, 1.807) is 29.1 Å². The van der Waals surface area contributed by atoms with E-state index in [0.29, 0.717) is 5.69 Å². The number of hydrogen-bond donors (Lipinski definition) is 2. The summed E-state index contributed by atoms with van der Waals surface area (Å²) in [6.07, 6.45) is 6.22. The fourth-order valence-electron chi connectivity index (χ4n) is 3.20. The number of imidazole rings is 1. The largest absolute Gasteiger partial charge is 0.363 e. The van der Waals surface area contributed by atoms with Crippen LogP contribution in [-0.4, -0.2) is 38.2 Å². The van der Waals surface area contributed by atoms with E-state index in [1.165, 1.54) is 23.9 Å². The third-order valence-electron chi connectivity index (χ3n) is 4.66. The van der Waals surface area contributed by atoms with Gasteiger partial charge in [-0.3, -0.25) is 23.9 Å². The molecule has 0 spiro atoms. The van der Waals surface area contributed by atoms with Crippen LogP contribution >= 0.6 is 11.3 Å². The number of thiophene rings is 1. The zero-order valence-corrected chi connectivity index (χ0v) is 16.5. The lowest BCUT2D eigenvalue weighted by Crippen LogP contribution is -2.47. The predicted molar refractivity (Wildman–Crippen MR) is 112 cm³/mol. The zero-order valence-electron chi connectivity index (χ0n) is 15.7. The van der Waals surface area contributed by atoms with Crippen LogP contribution in [0.15, 0.2) is 66.7 Å². The van der Waals surface area contributed by atoms with Gasteiger partial charge in [-0.1, -0.05) is 18.2 Å². The number of nitrogens with one attached hydrogen (secondary N) is 1. The molecule has 3 heterocycles. The molecular formula is C21H17N5O3S. The van der Waals surface area contributed by atoms with Crippen molar-refractivity contribution in [2.24, 2.45) is 5.73 Å². The highest BCUT2D eigenvalue weighted by atomic mass is 32.1. The first-order valence-corrected chi connectivity index (χ1v) is 9.95. The summed E-state index contributed by atoms with van der Waals surface area (Å²) in [7, 11) is 0. The van der Waals surface area contributed by atoms with Crippen LogP contribution in [0.3, 0.4) is 0 Å². The summed E-state index contributed by atoms with van der Waals surface area (Å²) in [5.41, 5.74) is 7.00. The Labute approximate surface area is 175 Å². The van der Waals surface area contributed by atoms with E-state index in [9.17, 15) is 14.4 Å². The van der Waals surface area contributed by atoms with Crippen LogP contribution in [0.2, 0.25) is 0 Å². The summed E-state index contributed by atoms with van der Waals surface area (Å²) in [5, 5.41) is 5.54. The van der Waals surface area contributed by atoms with Crippen LogP contribution in [0.1, 0.15) is 16.1 Å². The van der Waals surface area contributed by atoms with E-state index in [4.69, 9.17) is 5.73 Å². The van der Waals surface area contributed by atoms with Gasteiger partial charge in [0.25, 0.3) is 11.8 Å². The number of aromatic nitrogens is 3. The molecule has 8 nitrogen and oxygen atoms in total. The molecule has 30 heavy (non-hydrogen) atoms. The molecule has 1 atom stereocenters. The first-order valence-electron chi connectivity index (χ1n) is 9.07. The average molecular weight is 419 g/mol. The topological polar surface area (TPSA) is 120 Å². The monoisotopic (exact) mass is 419 g/mol. The summed E-state index contributed by atoms with van der Waals surface area (Å²) in [5.74, 6) is -2.49. The van der Waals surface area contributed by atoms with Crippen molar-refractivity contribution in [1.29, 1.82) is 0 Å². The molecule has 2 amide bonds. The first-order chi connectivity index (χ1) is 14.5. The van der Waals surface area contributed by atoms with Crippen molar-refractivity contribution in [3.63, 3.8) is 0 Å². The van der Waals surface area contributed by atoms with Gasteiger partial charge in [0.05, 0.1) is 18.2 Å². The zero-order chi connectivity index (χ0) is 21.1. The third kappa shape index (κ3) is 3.83. The Balaban J connectivity index is 1.62. The number of primary amides is 1. The number of nitrogens with zero attached hydrogens (tertiary/aromatic N) is 3. The molecule has 0 fully saturated rings. The Morgan fingerprint density at radius 3 is 2.63 bits per heavy atom. The molecule has 4 aromatic rings. The lowest BCUT2D eigenvalue weighted by atomic mass is 10.0. The molecule has 1 aromatic carbocycles. The average Bonchev–Trinajstić information content (AvgIpc) is 3.41. The molecule has 9 heteroatoms. The molecule has 0 aliphatic carbocycles. The maximum atomic E-state index is 12.9. The number of nitrogens with two attached hydrogens (primary N) is 1. The summed E-state index contributed by atoms with van der Waals surface area (Å²) in [6, 6.07) is 10.1. The number of Topliss-reactive ketones (excluding diaryl/α,β-unsaturated/α-hetero) is 1. The van der Waals surface area contributed by atoms with Crippen molar-refractivity contribution >= 4 is 39.0 Å². The Bertz CT molecular complexity index is 1230. The van der Waals surface area contributed by atoms with Gasteiger partial charge in [0.1, 0.15) is 11.7 Å². The lowest BCUT2D eigenvalue weighted by Gasteiger charge is -2.17. The molecule has 3 aromatic heterocycles. The molecule has 3 N–H and O–H groups in total. The van der Waals surface area contributed by atoms with Gasteiger partial charge in [-0.05, 0) is 34.5 Å². The number of amides is 2. The molecule has 150 valence electrons. The Morgan fingerprint density at radius 1 is 1.10 bits per heavy atom. The highest BCUT2D eigenvalue weighted by molar-refractivity contribution is 7.17. The minimum Gasteiger partial charge on any atom is -0.363 e. The van der Waals surface area contributed by atoms with Gasteiger partial charge in [-0.15, -0.1) is 11.3 Å². The maximum absolute atomic E-state index is 12.9. The highest BCUT2D eigenvalue weighted by Crippen LogP contribution is 2.26. The van der Waals surface area contributed by atoms with Crippen molar-refractivity contribution in [1.82, 2.24) is 19.9 Å². The van der Waals surface area contributed by atoms with Gasteiger partial charge in [0.2, 0.25) is 5.78 Å². The van der Waals surface area contributed by atoms with Crippen LogP contribution < -0.4 is 11.1 Å². The quantitative estimate of drug-likeness (QED) is 0.443. The van der Waals surface area contributed by atoms with Crippen LogP contribution in [0.5, 0.6) is 0 Å². The number of fused-ring (bicyclic) bond motifs is 1. The summed E-state index contributed by atoms with van der Waals surface area (Å²) in [6.45, 7) is 0. The van der Waals surface area contributed by atoms with Crippen molar-refractivity contribution in [2.45, 2.75) is 12.5 Å². The van der Waals surface area contributed by atoms with Crippen molar-refractivity contribution in [3.05, 3.63) is 78.0 Å². The van der Waals surface area contributed by atoms with Gasteiger partial charge in [0.15, 0.2) is 0 Å².